The van der Waals surface area contributed by atoms with Crippen LogP contribution in [0, 0.1) is 6.92 Å². The summed E-state index contributed by atoms with van der Waals surface area (Å²) in [5.41, 5.74) is 5.60. The van der Waals surface area contributed by atoms with Crippen LogP contribution in [-0.2, 0) is 30.4 Å². The zero-order chi connectivity index (χ0) is 40.4. The Balaban J connectivity index is 1.36. The first-order chi connectivity index (χ1) is 26.4. The number of rotatable bonds is 7. The highest BCUT2D eigenvalue weighted by molar-refractivity contribution is 7.15. The van der Waals surface area contributed by atoms with Crippen molar-refractivity contribution in [2.75, 3.05) is 44.6 Å². The first kappa shape index (κ1) is 32.6. The quantitative estimate of drug-likeness (QED) is 0.249. The molecule has 1 unspecified atom stereocenters. The summed E-state index contributed by atoms with van der Waals surface area (Å²) in [6, 6.07) is 2.80. The molecule has 0 bridgehead atoms. The fraction of sp³-hybridized carbons (Fsp3) is 0.382. The summed E-state index contributed by atoms with van der Waals surface area (Å²) in [4.78, 5) is 59.8. The molecule has 19 heteroatoms. The maximum Gasteiger partial charge on any atom is 0.416 e. The third-order valence-electron chi connectivity index (χ3n) is 9.44. The summed E-state index contributed by atoms with van der Waals surface area (Å²) in [5.74, 6) is -1.93. The van der Waals surface area contributed by atoms with Crippen LogP contribution >= 0.6 is 22.9 Å². The van der Waals surface area contributed by atoms with E-state index in [0.29, 0.717) is 23.9 Å². The average molecular weight is 774 g/mol. The molecule has 1 atom stereocenters. The van der Waals surface area contributed by atoms with E-state index in [2.05, 4.69) is 15.1 Å². The monoisotopic (exact) mass is 773 g/mol. The maximum atomic E-state index is 14.6. The summed E-state index contributed by atoms with van der Waals surface area (Å²) in [7, 11) is 0. The molecule has 278 valence electrons. The van der Waals surface area contributed by atoms with E-state index in [4.69, 9.17) is 26.4 Å². The van der Waals surface area contributed by atoms with Crippen molar-refractivity contribution >= 4 is 46.2 Å². The Kier molecular flexibility index (Phi) is 8.43. The maximum absolute atomic E-state index is 14.6. The van der Waals surface area contributed by atoms with E-state index < -0.39 is 47.2 Å². The zero-order valence-electron chi connectivity index (χ0n) is 31.3. The third-order valence-corrected chi connectivity index (χ3v) is 10.9. The number of aromatic hydroxyl groups is 1. The van der Waals surface area contributed by atoms with Crippen molar-refractivity contribution in [2.24, 2.45) is 5.73 Å². The molecule has 1 aromatic carbocycles. The molecule has 2 aliphatic rings. The number of halogens is 4. The lowest BCUT2D eigenvalue weighted by molar-refractivity contribution is -0.137. The number of primary amides is 1. The molecule has 53 heavy (non-hydrogen) atoms. The second kappa shape index (κ2) is 13.7. The molecule has 7 rings (SSSR count). The van der Waals surface area contributed by atoms with Gasteiger partial charge >= 0.3 is 6.18 Å². The fourth-order valence-corrected chi connectivity index (χ4v) is 8.21. The van der Waals surface area contributed by atoms with Crippen molar-refractivity contribution in [1.82, 2.24) is 38.9 Å². The molecule has 1 fully saturated rings. The second-order valence-corrected chi connectivity index (χ2v) is 14.2. The van der Waals surface area contributed by atoms with Crippen LogP contribution in [0.3, 0.4) is 0 Å². The summed E-state index contributed by atoms with van der Waals surface area (Å²) >= 11 is 7.73. The summed E-state index contributed by atoms with van der Waals surface area (Å²) in [6.45, 7) is 1.87. The van der Waals surface area contributed by atoms with Crippen molar-refractivity contribution in [3.63, 3.8) is 0 Å². The summed E-state index contributed by atoms with van der Waals surface area (Å²) in [5, 5.41) is 14.6. The van der Waals surface area contributed by atoms with E-state index in [1.807, 2.05) is 6.07 Å². The van der Waals surface area contributed by atoms with Crippen LogP contribution in [0.1, 0.15) is 60.5 Å². The van der Waals surface area contributed by atoms with Gasteiger partial charge in [0.25, 0.3) is 11.5 Å². The Labute approximate surface area is 313 Å². The molecular weight excluding hydrogens is 737 g/mol. The number of aryl methyl sites for hydroxylation is 1. The predicted molar refractivity (Wildman–Crippen MR) is 190 cm³/mol. The van der Waals surface area contributed by atoms with Crippen molar-refractivity contribution in [3.8, 4) is 16.5 Å². The molecule has 6 heterocycles. The number of fused-ring (bicyclic) bond motifs is 2. The first-order valence-corrected chi connectivity index (χ1v) is 17.7. The van der Waals surface area contributed by atoms with Gasteiger partial charge in [0.2, 0.25) is 11.7 Å². The third kappa shape index (κ3) is 6.48. The van der Waals surface area contributed by atoms with Crippen LogP contribution in [0.25, 0.3) is 16.5 Å². The van der Waals surface area contributed by atoms with Crippen LogP contribution in [0.15, 0.2) is 35.4 Å². The molecule has 0 spiro atoms. The van der Waals surface area contributed by atoms with Crippen molar-refractivity contribution < 1.29 is 32.0 Å². The predicted octanol–water partition coefficient (Wildman–Crippen LogP) is 3.68. The van der Waals surface area contributed by atoms with Gasteiger partial charge in [-0.2, -0.15) is 22.7 Å². The van der Waals surface area contributed by atoms with Gasteiger partial charge in [-0.05, 0) is 50.5 Å². The number of thiophene rings is 1. The Morgan fingerprint density at radius 2 is 1.91 bits per heavy atom. The van der Waals surface area contributed by atoms with Gasteiger partial charge in [0.05, 0.1) is 21.8 Å². The SMILES string of the molecule is [2H]C([2H])([2H])N1CCc2cc(-c3nc4n(C(C(N)=O)c5ccc(C(F)(F)F)cc5Cl)c(CC)c(N5CCN(C(=O)c6ncnc(C)c6O)CC5)c(=O)n4n3)sc2C1. The van der Waals surface area contributed by atoms with Gasteiger partial charge in [0.1, 0.15) is 18.1 Å². The van der Waals surface area contributed by atoms with E-state index in [9.17, 15) is 32.7 Å². The van der Waals surface area contributed by atoms with Gasteiger partial charge in [-0.15, -0.1) is 16.4 Å². The lowest BCUT2D eigenvalue weighted by atomic mass is 10.0. The van der Waals surface area contributed by atoms with Crippen LogP contribution in [0.4, 0.5) is 18.9 Å². The minimum atomic E-state index is -4.73. The zero-order valence-corrected chi connectivity index (χ0v) is 29.9. The highest BCUT2D eigenvalue weighted by atomic mass is 35.5. The highest BCUT2D eigenvalue weighted by Gasteiger charge is 2.36. The number of hydrogen-bond acceptors (Lipinski definition) is 11. The number of nitrogens with two attached hydrogens (primary N) is 1. The van der Waals surface area contributed by atoms with Crippen LogP contribution in [-0.4, -0.2) is 95.6 Å². The van der Waals surface area contributed by atoms with Crippen LogP contribution in [0.5, 0.6) is 5.75 Å². The molecule has 5 aromatic rings. The number of alkyl halides is 3. The molecule has 3 N–H and O–H groups in total. The molecule has 0 radical (unpaired) electrons. The molecule has 1 saturated heterocycles. The Morgan fingerprint density at radius 3 is 2.57 bits per heavy atom. The topological polar surface area (TPSA) is 168 Å². The molecule has 2 aliphatic heterocycles. The number of benzene rings is 1. The Morgan fingerprint density at radius 1 is 1.15 bits per heavy atom. The lowest BCUT2D eigenvalue weighted by Gasteiger charge is -2.37. The van der Waals surface area contributed by atoms with Gasteiger partial charge in [-0.25, -0.2) is 9.97 Å². The Hall–Kier alpha value is -5.07. The molecule has 14 nitrogen and oxygen atoms in total. The van der Waals surface area contributed by atoms with Crippen LogP contribution in [0.2, 0.25) is 5.02 Å². The van der Waals surface area contributed by atoms with E-state index in [-0.39, 0.29) is 84.8 Å². The Bertz CT molecular complexity index is 2450. The molecule has 2 amide bonds. The van der Waals surface area contributed by atoms with Crippen LogP contribution < -0.4 is 16.2 Å². The van der Waals surface area contributed by atoms with Gasteiger partial charge in [0, 0.05) is 58.8 Å². The number of likely N-dealkylation sites (N-methyl/N-ethyl adjacent to an activating group) is 1. The standard InChI is InChI=1S/C34H34ClF3N10O4S/c1-4-22-27(45-9-11-46(12-10-45)31(51)25-28(49)17(2)40-16-41-25)32(52)48-33(42-30(43-48)23-13-18-7-8-44(3)15-24(18)53-23)47(22)26(29(39)50)20-6-5-19(14-21(20)35)34(36,37)38/h5-6,13-14,16,26,49H,4,7-12,15H2,1-3H3,(H2,39,50)/i3D3. The molecule has 0 aliphatic carbocycles. The number of nitrogens with zero attached hydrogens (tertiary/aromatic N) is 9. The van der Waals surface area contributed by atoms with E-state index in [1.165, 1.54) is 39.0 Å². The number of amides is 2. The summed E-state index contributed by atoms with van der Waals surface area (Å²) < 4.78 is 66.9. The first-order valence-electron chi connectivity index (χ1n) is 18.0. The normalized spacial score (nSPS) is 17.0. The molecule has 0 saturated carbocycles. The van der Waals surface area contributed by atoms with Gasteiger partial charge in [-0.3, -0.25) is 19.0 Å². The lowest BCUT2D eigenvalue weighted by Crippen LogP contribution is -2.51. The number of anilines is 1. The second-order valence-electron chi connectivity index (χ2n) is 12.7. The summed E-state index contributed by atoms with van der Waals surface area (Å²) in [6.07, 6.45) is -2.99. The molecular formula is C34H34ClF3N10O4S. The van der Waals surface area contributed by atoms with Crippen molar-refractivity contribution in [3.05, 3.63) is 84.6 Å². The highest BCUT2D eigenvalue weighted by Crippen LogP contribution is 2.38. The number of carbonyl (C=O) groups is 2. The van der Waals surface area contributed by atoms with Gasteiger partial charge in [-0.1, -0.05) is 24.6 Å². The average Bonchev–Trinajstić information content (AvgIpc) is 3.78. The minimum Gasteiger partial charge on any atom is -0.504 e. The van der Waals surface area contributed by atoms with Crippen molar-refractivity contribution in [2.45, 2.75) is 45.5 Å². The van der Waals surface area contributed by atoms with Gasteiger partial charge < -0.3 is 25.5 Å². The molecule has 4 aromatic heterocycles. The minimum absolute atomic E-state index is 0.0744. The largest absolute Gasteiger partial charge is 0.504 e. The number of hydrogen-bond donors (Lipinski definition) is 2. The van der Waals surface area contributed by atoms with E-state index >= 15 is 0 Å². The number of carbonyl (C=O) groups excluding carboxylic acids is 2. The smallest absolute Gasteiger partial charge is 0.416 e. The van der Waals surface area contributed by atoms with Gasteiger partial charge in [0.15, 0.2) is 17.3 Å². The number of aromatic nitrogens is 6. The van der Waals surface area contributed by atoms with E-state index in [0.717, 1.165) is 27.1 Å². The fourth-order valence-electron chi connectivity index (χ4n) is 6.77. The number of piperazine rings is 1. The van der Waals surface area contributed by atoms with E-state index in [1.54, 1.807) is 11.8 Å². The van der Waals surface area contributed by atoms with Crippen molar-refractivity contribution in [1.29, 1.82) is 0 Å².